The van der Waals surface area contributed by atoms with E-state index in [0.717, 1.165) is 5.56 Å². The van der Waals surface area contributed by atoms with Crippen LogP contribution in [0.1, 0.15) is 5.56 Å². The summed E-state index contributed by atoms with van der Waals surface area (Å²) in [7, 11) is 0. The predicted molar refractivity (Wildman–Crippen MR) is 73.0 cm³/mol. The van der Waals surface area contributed by atoms with Crippen LogP contribution in [0.3, 0.4) is 0 Å². The summed E-state index contributed by atoms with van der Waals surface area (Å²) in [5.41, 5.74) is 0.845. The lowest BCUT2D eigenvalue weighted by Crippen LogP contribution is -2.02. The molecule has 2 nitrogen and oxygen atoms in total. The van der Waals surface area contributed by atoms with Crippen LogP contribution in [0.2, 0.25) is 15.2 Å². The van der Waals surface area contributed by atoms with Crippen molar-refractivity contribution >= 4 is 40.6 Å². The van der Waals surface area contributed by atoms with Crippen molar-refractivity contribution in [3.05, 3.63) is 57.2 Å². The molecule has 1 N–H and O–H groups in total. The molecule has 2 aromatic rings. The van der Waals surface area contributed by atoms with Gasteiger partial charge < -0.3 is 5.32 Å². The van der Waals surface area contributed by atoms with Gasteiger partial charge in [-0.1, -0.05) is 46.9 Å². The second kappa shape index (κ2) is 5.58. The van der Waals surface area contributed by atoms with Gasteiger partial charge >= 0.3 is 0 Å². The molecule has 0 fully saturated rings. The third kappa shape index (κ3) is 3.25. The van der Waals surface area contributed by atoms with Crippen molar-refractivity contribution in [3.63, 3.8) is 0 Å². The van der Waals surface area contributed by atoms with E-state index in [4.69, 9.17) is 34.8 Å². The molecule has 88 valence electrons. The van der Waals surface area contributed by atoms with Crippen LogP contribution >= 0.6 is 34.8 Å². The molecule has 1 aromatic heterocycles. The Morgan fingerprint density at radius 2 is 1.59 bits per heavy atom. The number of aromatic nitrogens is 1. The van der Waals surface area contributed by atoms with E-state index in [1.165, 1.54) is 0 Å². The molecule has 0 saturated carbocycles. The standard InChI is InChI=1S/C12H9Cl3N2/c13-9-3-1-4-10(14)8(9)7-16-12-6-2-5-11(15)17-12/h1-6H,7H2,(H,16,17). The third-order valence-corrected chi connectivity index (χ3v) is 3.14. The molecule has 0 aliphatic heterocycles. The van der Waals surface area contributed by atoms with Crippen molar-refractivity contribution in [3.8, 4) is 0 Å². The summed E-state index contributed by atoms with van der Waals surface area (Å²) in [6.45, 7) is 0.506. The zero-order chi connectivity index (χ0) is 12.3. The molecular formula is C12H9Cl3N2. The molecule has 0 amide bonds. The summed E-state index contributed by atoms with van der Waals surface area (Å²) >= 11 is 17.9. The lowest BCUT2D eigenvalue weighted by Gasteiger charge is -2.09. The van der Waals surface area contributed by atoms with Gasteiger partial charge in [-0.2, -0.15) is 0 Å². The van der Waals surface area contributed by atoms with Crippen molar-refractivity contribution in [2.75, 3.05) is 5.32 Å². The van der Waals surface area contributed by atoms with E-state index < -0.39 is 0 Å². The van der Waals surface area contributed by atoms with E-state index >= 15 is 0 Å². The Bertz CT molecular complexity index is 509. The summed E-state index contributed by atoms with van der Waals surface area (Å²) in [4.78, 5) is 4.12. The van der Waals surface area contributed by atoms with Gasteiger partial charge in [0.1, 0.15) is 11.0 Å². The molecular weight excluding hydrogens is 279 g/mol. The van der Waals surface area contributed by atoms with Gasteiger partial charge in [-0.15, -0.1) is 0 Å². The summed E-state index contributed by atoms with van der Waals surface area (Å²) < 4.78 is 0. The van der Waals surface area contributed by atoms with Crippen LogP contribution < -0.4 is 5.32 Å². The summed E-state index contributed by atoms with van der Waals surface area (Å²) in [5.74, 6) is 0.688. The number of halogens is 3. The number of pyridine rings is 1. The van der Waals surface area contributed by atoms with E-state index in [2.05, 4.69) is 10.3 Å². The SMILES string of the molecule is Clc1cccc(NCc2c(Cl)cccc2Cl)n1. The average molecular weight is 288 g/mol. The normalized spacial score (nSPS) is 10.3. The first kappa shape index (κ1) is 12.5. The summed E-state index contributed by atoms with van der Waals surface area (Å²) in [6.07, 6.45) is 0. The highest BCUT2D eigenvalue weighted by molar-refractivity contribution is 6.36. The van der Waals surface area contributed by atoms with E-state index in [1.54, 1.807) is 18.2 Å². The number of hydrogen-bond acceptors (Lipinski definition) is 2. The first-order valence-corrected chi connectivity index (χ1v) is 6.09. The molecule has 0 bridgehead atoms. The molecule has 0 spiro atoms. The topological polar surface area (TPSA) is 24.9 Å². The van der Waals surface area contributed by atoms with Crippen molar-refractivity contribution in [1.29, 1.82) is 0 Å². The average Bonchev–Trinajstić information content (AvgIpc) is 2.28. The van der Waals surface area contributed by atoms with E-state index in [-0.39, 0.29) is 0 Å². The van der Waals surface area contributed by atoms with Crippen molar-refractivity contribution in [2.45, 2.75) is 6.54 Å². The van der Waals surface area contributed by atoms with Gasteiger partial charge in [0, 0.05) is 22.2 Å². The fraction of sp³-hybridized carbons (Fsp3) is 0.0833. The minimum absolute atomic E-state index is 0.445. The first-order valence-electron chi connectivity index (χ1n) is 4.96. The van der Waals surface area contributed by atoms with Crippen molar-refractivity contribution in [1.82, 2.24) is 4.98 Å². The molecule has 2 rings (SSSR count). The molecule has 0 unspecified atom stereocenters. The van der Waals surface area contributed by atoms with Crippen molar-refractivity contribution in [2.24, 2.45) is 0 Å². The highest BCUT2D eigenvalue weighted by Crippen LogP contribution is 2.25. The van der Waals surface area contributed by atoms with Gasteiger partial charge in [0.2, 0.25) is 0 Å². The van der Waals surface area contributed by atoms with Crippen LogP contribution in [0.25, 0.3) is 0 Å². The third-order valence-electron chi connectivity index (χ3n) is 2.22. The van der Waals surface area contributed by atoms with Gasteiger partial charge in [-0.3, -0.25) is 0 Å². The molecule has 1 heterocycles. The highest BCUT2D eigenvalue weighted by Gasteiger charge is 2.05. The van der Waals surface area contributed by atoms with E-state index in [1.807, 2.05) is 18.2 Å². The maximum Gasteiger partial charge on any atom is 0.131 e. The molecule has 0 radical (unpaired) electrons. The monoisotopic (exact) mass is 286 g/mol. The largest absolute Gasteiger partial charge is 0.366 e. The Morgan fingerprint density at radius 1 is 0.941 bits per heavy atom. The molecule has 0 atom stereocenters. The lowest BCUT2D eigenvalue weighted by atomic mass is 10.2. The Balaban J connectivity index is 2.13. The van der Waals surface area contributed by atoms with Crippen LogP contribution in [-0.2, 0) is 6.54 Å². The lowest BCUT2D eigenvalue weighted by molar-refractivity contribution is 1.11. The number of nitrogens with zero attached hydrogens (tertiary/aromatic N) is 1. The smallest absolute Gasteiger partial charge is 0.131 e. The zero-order valence-electron chi connectivity index (χ0n) is 8.75. The van der Waals surface area contributed by atoms with Crippen LogP contribution in [0.15, 0.2) is 36.4 Å². The maximum atomic E-state index is 6.06. The Morgan fingerprint density at radius 3 is 2.24 bits per heavy atom. The van der Waals surface area contributed by atoms with Crippen LogP contribution in [0.4, 0.5) is 5.82 Å². The highest BCUT2D eigenvalue weighted by atomic mass is 35.5. The van der Waals surface area contributed by atoms with Crippen molar-refractivity contribution < 1.29 is 0 Å². The molecule has 0 aliphatic carbocycles. The quantitative estimate of drug-likeness (QED) is 0.831. The predicted octanol–water partition coefficient (Wildman–Crippen LogP) is 4.65. The number of benzene rings is 1. The minimum atomic E-state index is 0.445. The van der Waals surface area contributed by atoms with Gasteiger partial charge in [0.15, 0.2) is 0 Å². The Hall–Kier alpha value is -0.960. The van der Waals surface area contributed by atoms with Crippen LogP contribution in [0, 0.1) is 0 Å². The van der Waals surface area contributed by atoms with Gasteiger partial charge in [-0.25, -0.2) is 4.98 Å². The second-order valence-electron chi connectivity index (χ2n) is 3.40. The van der Waals surface area contributed by atoms with Gasteiger partial charge in [-0.05, 0) is 24.3 Å². The molecule has 0 aliphatic rings. The Labute approximate surface area is 115 Å². The fourth-order valence-electron chi connectivity index (χ4n) is 1.39. The minimum Gasteiger partial charge on any atom is -0.366 e. The maximum absolute atomic E-state index is 6.06. The Kier molecular flexibility index (Phi) is 4.11. The number of rotatable bonds is 3. The molecule has 1 aromatic carbocycles. The van der Waals surface area contributed by atoms with Gasteiger partial charge in [0.25, 0.3) is 0 Å². The number of nitrogens with one attached hydrogen (secondary N) is 1. The summed E-state index contributed by atoms with van der Waals surface area (Å²) in [6, 6.07) is 10.8. The zero-order valence-corrected chi connectivity index (χ0v) is 11.0. The van der Waals surface area contributed by atoms with E-state index in [9.17, 15) is 0 Å². The van der Waals surface area contributed by atoms with Gasteiger partial charge in [0.05, 0.1) is 0 Å². The number of hydrogen-bond donors (Lipinski definition) is 1. The molecule has 5 heteroatoms. The molecule has 0 saturated heterocycles. The van der Waals surface area contributed by atoms with Crippen LogP contribution in [0.5, 0.6) is 0 Å². The van der Waals surface area contributed by atoms with Crippen LogP contribution in [-0.4, -0.2) is 4.98 Å². The second-order valence-corrected chi connectivity index (χ2v) is 4.60. The molecule has 17 heavy (non-hydrogen) atoms. The van der Waals surface area contributed by atoms with E-state index in [0.29, 0.717) is 27.6 Å². The number of anilines is 1. The first-order chi connectivity index (χ1) is 8.16. The summed E-state index contributed by atoms with van der Waals surface area (Å²) in [5, 5.41) is 4.83. The fourth-order valence-corrected chi connectivity index (χ4v) is 2.08.